The van der Waals surface area contributed by atoms with Crippen LogP contribution < -0.4 is 5.32 Å². The molecule has 24 heavy (non-hydrogen) atoms. The van der Waals surface area contributed by atoms with Gasteiger partial charge in [0.2, 0.25) is 5.91 Å². The monoisotopic (exact) mass is 332 g/mol. The number of aryl methyl sites for hydroxylation is 3. The third kappa shape index (κ3) is 4.81. The van der Waals surface area contributed by atoms with Crippen molar-refractivity contribution in [3.8, 4) is 0 Å². The van der Waals surface area contributed by atoms with Crippen LogP contribution in [-0.2, 0) is 14.3 Å². The molecule has 0 aromatic heterocycles. The predicted molar refractivity (Wildman–Crippen MR) is 95.1 cm³/mol. The van der Waals surface area contributed by atoms with Gasteiger partial charge >= 0.3 is 5.97 Å². The summed E-state index contributed by atoms with van der Waals surface area (Å²) in [6.07, 6.45) is 1.76. The first-order valence-electron chi connectivity index (χ1n) is 8.67. The van der Waals surface area contributed by atoms with E-state index >= 15 is 0 Å². The molecule has 0 radical (unpaired) electrons. The van der Waals surface area contributed by atoms with E-state index in [9.17, 15) is 9.59 Å². The zero-order chi connectivity index (χ0) is 17.7. The quantitative estimate of drug-likeness (QED) is 0.843. The van der Waals surface area contributed by atoms with Gasteiger partial charge in [0.15, 0.2) is 0 Å². The standard InChI is InChI=1S/C19H28N2O3/c1-5-24-19(23)16-7-6-8-21(11-16)12-17(22)20-18-14(3)9-13(2)10-15(18)4/h9-10,16H,5-8,11-12H2,1-4H3,(H,20,22)/t16-/m0/s1. The molecule has 1 aromatic carbocycles. The van der Waals surface area contributed by atoms with Crippen LogP contribution in [0.5, 0.6) is 0 Å². The van der Waals surface area contributed by atoms with E-state index in [-0.39, 0.29) is 17.8 Å². The fourth-order valence-electron chi connectivity index (χ4n) is 3.41. The molecule has 2 rings (SSSR count). The zero-order valence-electron chi connectivity index (χ0n) is 15.1. The van der Waals surface area contributed by atoms with E-state index in [1.54, 1.807) is 0 Å². The summed E-state index contributed by atoms with van der Waals surface area (Å²) in [7, 11) is 0. The van der Waals surface area contributed by atoms with E-state index in [4.69, 9.17) is 4.74 Å². The van der Waals surface area contributed by atoms with Crippen molar-refractivity contribution in [2.45, 2.75) is 40.5 Å². The van der Waals surface area contributed by atoms with Gasteiger partial charge in [-0.25, -0.2) is 0 Å². The van der Waals surface area contributed by atoms with Crippen LogP contribution in [0.1, 0.15) is 36.5 Å². The number of likely N-dealkylation sites (tertiary alicyclic amines) is 1. The maximum Gasteiger partial charge on any atom is 0.310 e. The molecular formula is C19H28N2O3. The highest BCUT2D eigenvalue weighted by molar-refractivity contribution is 5.93. The Kier molecular flexibility index (Phi) is 6.37. The molecule has 1 N–H and O–H groups in total. The van der Waals surface area contributed by atoms with Gasteiger partial charge in [-0.2, -0.15) is 0 Å². The summed E-state index contributed by atoms with van der Waals surface area (Å²) in [5.74, 6) is -0.295. The van der Waals surface area contributed by atoms with Gasteiger partial charge in [0.1, 0.15) is 0 Å². The van der Waals surface area contributed by atoms with E-state index in [1.807, 2.05) is 25.7 Å². The first-order chi connectivity index (χ1) is 11.4. The van der Waals surface area contributed by atoms with Crippen LogP contribution in [-0.4, -0.2) is 43.0 Å². The molecular weight excluding hydrogens is 304 g/mol. The van der Waals surface area contributed by atoms with Crippen LogP contribution in [0, 0.1) is 26.7 Å². The van der Waals surface area contributed by atoms with E-state index in [0.717, 1.165) is 36.2 Å². The smallest absolute Gasteiger partial charge is 0.310 e. The Bertz CT molecular complexity index is 590. The van der Waals surface area contributed by atoms with Crippen LogP contribution >= 0.6 is 0 Å². The zero-order valence-corrected chi connectivity index (χ0v) is 15.1. The summed E-state index contributed by atoms with van der Waals surface area (Å²) < 4.78 is 5.11. The van der Waals surface area contributed by atoms with Gasteiger partial charge in [-0.05, 0) is 58.2 Å². The Morgan fingerprint density at radius 3 is 2.54 bits per heavy atom. The van der Waals surface area contributed by atoms with Crippen LogP contribution in [0.25, 0.3) is 0 Å². The van der Waals surface area contributed by atoms with Crippen molar-refractivity contribution < 1.29 is 14.3 Å². The summed E-state index contributed by atoms with van der Waals surface area (Å²) in [5, 5.41) is 3.03. The van der Waals surface area contributed by atoms with Crippen molar-refractivity contribution in [2.75, 3.05) is 31.6 Å². The first-order valence-corrected chi connectivity index (χ1v) is 8.67. The maximum atomic E-state index is 12.4. The van der Waals surface area contributed by atoms with Crippen LogP contribution in [0.4, 0.5) is 5.69 Å². The summed E-state index contributed by atoms with van der Waals surface area (Å²) in [5.41, 5.74) is 4.23. The fourth-order valence-corrected chi connectivity index (χ4v) is 3.41. The number of rotatable bonds is 5. The number of anilines is 1. The van der Waals surface area contributed by atoms with Crippen molar-refractivity contribution in [1.29, 1.82) is 0 Å². The minimum Gasteiger partial charge on any atom is -0.466 e. The topological polar surface area (TPSA) is 58.6 Å². The molecule has 0 bridgehead atoms. The number of piperidine rings is 1. The van der Waals surface area contributed by atoms with Crippen LogP contribution in [0.3, 0.4) is 0 Å². The minimum absolute atomic E-state index is 0.0328. The molecule has 5 nitrogen and oxygen atoms in total. The molecule has 1 aromatic rings. The van der Waals surface area contributed by atoms with E-state index in [1.165, 1.54) is 5.56 Å². The summed E-state index contributed by atoms with van der Waals surface area (Å²) in [4.78, 5) is 26.3. The molecule has 0 spiro atoms. The second kappa shape index (κ2) is 8.29. The number of hydrogen-bond donors (Lipinski definition) is 1. The Morgan fingerprint density at radius 1 is 1.25 bits per heavy atom. The Morgan fingerprint density at radius 2 is 1.92 bits per heavy atom. The maximum absolute atomic E-state index is 12.4. The lowest BCUT2D eigenvalue weighted by Gasteiger charge is -2.31. The van der Waals surface area contributed by atoms with Gasteiger partial charge in [-0.1, -0.05) is 17.7 Å². The van der Waals surface area contributed by atoms with Crippen molar-refractivity contribution >= 4 is 17.6 Å². The number of nitrogens with zero attached hydrogens (tertiary/aromatic N) is 1. The molecule has 5 heteroatoms. The predicted octanol–water partition coefficient (Wildman–Crippen LogP) is 2.83. The third-order valence-electron chi connectivity index (χ3n) is 4.43. The first kappa shape index (κ1) is 18.5. The van der Waals surface area contributed by atoms with Crippen LogP contribution in [0.2, 0.25) is 0 Å². The van der Waals surface area contributed by atoms with Gasteiger partial charge in [-0.3, -0.25) is 14.5 Å². The number of hydrogen-bond acceptors (Lipinski definition) is 4. The van der Waals surface area contributed by atoms with E-state index in [2.05, 4.69) is 24.4 Å². The molecule has 0 aliphatic carbocycles. The molecule has 1 amide bonds. The van der Waals surface area contributed by atoms with Crippen molar-refractivity contribution in [3.05, 3.63) is 28.8 Å². The number of carbonyl (C=O) groups excluding carboxylic acids is 2. The average molecular weight is 332 g/mol. The normalized spacial score (nSPS) is 18.2. The lowest BCUT2D eigenvalue weighted by molar-refractivity contribution is -0.150. The number of benzene rings is 1. The minimum atomic E-state index is -0.146. The molecule has 132 valence electrons. The van der Waals surface area contributed by atoms with Gasteiger partial charge in [0.25, 0.3) is 0 Å². The van der Waals surface area contributed by atoms with Crippen LogP contribution in [0.15, 0.2) is 12.1 Å². The Balaban J connectivity index is 1.94. The molecule has 1 heterocycles. The number of esters is 1. The third-order valence-corrected chi connectivity index (χ3v) is 4.43. The molecule has 1 atom stereocenters. The second-order valence-electron chi connectivity index (χ2n) is 6.65. The van der Waals surface area contributed by atoms with Crippen molar-refractivity contribution in [3.63, 3.8) is 0 Å². The largest absolute Gasteiger partial charge is 0.466 e. The second-order valence-corrected chi connectivity index (χ2v) is 6.65. The van der Waals surface area contributed by atoms with E-state index < -0.39 is 0 Å². The summed E-state index contributed by atoms with van der Waals surface area (Å²) in [6.45, 7) is 10.0. The van der Waals surface area contributed by atoms with Crippen molar-refractivity contribution in [2.24, 2.45) is 5.92 Å². The average Bonchev–Trinajstić information content (AvgIpc) is 2.51. The number of carbonyl (C=O) groups is 2. The highest BCUT2D eigenvalue weighted by Crippen LogP contribution is 2.22. The number of nitrogens with one attached hydrogen (secondary N) is 1. The highest BCUT2D eigenvalue weighted by atomic mass is 16.5. The lowest BCUT2D eigenvalue weighted by atomic mass is 9.98. The van der Waals surface area contributed by atoms with Crippen molar-refractivity contribution in [1.82, 2.24) is 4.90 Å². The lowest BCUT2D eigenvalue weighted by Crippen LogP contribution is -2.43. The Hall–Kier alpha value is -1.88. The molecule has 1 saturated heterocycles. The van der Waals surface area contributed by atoms with E-state index in [0.29, 0.717) is 19.7 Å². The fraction of sp³-hybridized carbons (Fsp3) is 0.579. The molecule has 1 aliphatic heterocycles. The summed E-state index contributed by atoms with van der Waals surface area (Å²) >= 11 is 0. The number of amides is 1. The van der Waals surface area contributed by atoms with Gasteiger partial charge in [0, 0.05) is 12.2 Å². The highest BCUT2D eigenvalue weighted by Gasteiger charge is 2.27. The van der Waals surface area contributed by atoms with Gasteiger partial charge in [-0.15, -0.1) is 0 Å². The summed E-state index contributed by atoms with van der Waals surface area (Å²) in [6, 6.07) is 4.14. The molecule has 0 saturated carbocycles. The van der Waals surface area contributed by atoms with Gasteiger partial charge < -0.3 is 10.1 Å². The molecule has 1 fully saturated rings. The molecule has 0 unspecified atom stereocenters. The molecule has 1 aliphatic rings. The number of ether oxygens (including phenoxy) is 1. The SMILES string of the molecule is CCOC(=O)[C@H]1CCCN(CC(=O)Nc2c(C)cc(C)cc2C)C1. The van der Waals surface area contributed by atoms with Gasteiger partial charge in [0.05, 0.1) is 19.1 Å². The Labute approximate surface area is 144 Å².